The predicted octanol–water partition coefficient (Wildman–Crippen LogP) is 4.74. The Morgan fingerprint density at radius 3 is 2.70 bits per heavy atom. The number of carbonyl (C=O) groups is 1. The summed E-state index contributed by atoms with van der Waals surface area (Å²) >= 11 is 0. The van der Waals surface area contributed by atoms with Gasteiger partial charge in [-0.25, -0.2) is 4.39 Å². The van der Waals surface area contributed by atoms with Gasteiger partial charge >= 0.3 is 0 Å². The van der Waals surface area contributed by atoms with Crippen LogP contribution in [0, 0.1) is 19.7 Å². The third kappa shape index (κ3) is 4.91. The zero-order valence-corrected chi connectivity index (χ0v) is 15.4. The second-order valence-electron chi connectivity index (χ2n) is 6.50. The molecule has 0 saturated carbocycles. The fraction of sp³-hybridized carbons (Fsp3) is 0.182. The summed E-state index contributed by atoms with van der Waals surface area (Å²) in [4.78, 5) is 16.7. The highest BCUT2D eigenvalue weighted by Gasteiger charge is 2.09. The highest BCUT2D eigenvalue weighted by atomic mass is 19.1. The van der Waals surface area contributed by atoms with Crippen LogP contribution in [0.3, 0.4) is 0 Å². The van der Waals surface area contributed by atoms with Crippen LogP contribution in [-0.4, -0.2) is 17.4 Å². The van der Waals surface area contributed by atoms with Gasteiger partial charge in [0.05, 0.1) is 11.3 Å². The number of carbonyl (C=O) groups excluding carboxylic acids is 1. The van der Waals surface area contributed by atoms with Crippen molar-refractivity contribution in [1.29, 1.82) is 0 Å². The van der Waals surface area contributed by atoms with E-state index in [1.54, 1.807) is 24.4 Å². The van der Waals surface area contributed by atoms with E-state index in [1.165, 1.54) is 12.3 Å². The minimum absolute atomic E-state index is 0.209. The van der Waals surface area contributed by atoms with Gasteiger partial charge in [0.25, 0.3) is 5.91 Å². The minimum atomic E-state index is -0.214. The molecule has 0 saturated heterocycles. The lowest BCUT2D eigenvalue weighted by Crippen LogP contribution is -2.14. The lowest BCUT2D eigenvalue weighted by atomic mass is 10.1. The molecule has 1 heterocycles. The number of aryl methyl sites for hydroxylation is 2. The summed E-state index contributed by atoms with van der Waals surface area (Å²) in [6.07, 6.45) is 3.73. The van der Waals surface area contributed by atoms with Crippen molar-refractivity contribution in [2.24, 2.45) is 0 Å². The Bertz CT molecular complexity index is 956. The SMILES string of the molecule is Cc1ccc(C)c(NC(=O)c2cncc(NCCc3ccccc3F)c2)c1. The number of benzene rings is 2. The number of nitrogens with zero attached hydrogens (tertiary/aromatic N) is 1. The molecule has 138 valence electrons. The third-order valence-electron chi connectivity index (χ3n) is 4.32. The predicted molar refractivity (Wildman–Crippen MR) is 107 cm³/mol. The van der Waals surface area contributed by atoms with E-state index in [-0.39, 0.29) is 11.7 Å². The molecule has 5 heteroatoms. The summed E-state index contributed by atoms with van der Waals surface area (Å²) < 4.78 is 13.7. The molecule has 1 aromatic heterocycles. The highest BCUT2D eigenvalue weighted by Crippen LogP contribution is 2.18. The van der Waals surface area contributed by atoms with E-state index in [1.807, 2.05) is 38.1 Å². The van der Waals surface area contributed by atoms with E-state index in [0.717, 1.165) is 22.5 Å². The molecule has 0 radical (unpaired) electrons. The van der Waals surface area contributed by atoms with Gasteiger partial charge in [0.1, 0.15) is 5.82 Å². The van der Waals surface area contributed by atoms with Gasteiger partial charge in [-0.1, -0.05) is 30.3 Å². The van der Waals surface area contributed by atoms with Gasteiger partial charge in [0, 0.05) is 24.6 Å². The fourth-order valence-corrected chi connectivity index (χ4v) is 2.77. The summed E-state index contributed by atoms with van der Waals surface area (Å²) in [5, 5.41) is 6.12. The summed E-state index contributed by atoms with van der Waals surface area (Å²) in [6.45, 7) is 4.48. The van der Waals surface area contributed by atoms with Crippen molar-refractivity contribution in [3.63, 3.8) is 0 Å². The molecule has 0 aliphatic heterocycles. The van der Waals surface area contributed by atoms with Crippen LogP contribution < -0.4 is 10.6 Å². The van der Waals surface area contributed by atoms with E-state index >= 15 is 0 Å². The lowest BCUT2D eigenvalue weighted by Gasteiger charge is -2.11. The number of aromatic nitrogens is 1. The second-order valence-corrected chi connectivity index (χ2v) is 6.50. The van der Waals surface area contributed by atoms with Crippen molar-refractivity contribution < 1.29 is 9.18 Å². The number of pyridine rings is 1. The summed E-state index contributed by atoms with van der Waals surface area (Å²) in [7, 11) is 0. The third-order valence-corrected chi connectivity index (χ3v) is 4.32. The number of anilines is 2. The Morgan fingerprint density at radius 1 is 1.07 bits per heavy atom. The number of amides is 1. The summed E-state index contributed by atoms with van der Waals surface area (Å²) in [5.74, 6) is -0.423. The molecule has 0 unspecified atom stereocenters. The van der Waals surface area contributed by atoms with Crippen molar-refractivity contribution in [2.45, 2.75) is 20.3 Å². The van der Waals surface area contributed by atoms with E-state index in [9.17, 15) is 9.18 Å². The largest absolute Gasteiger partial charge is 0.383 e. The molecule has 3 aromatic rings. The monoisotopic (exact) mass is 363 g/mol. The normalized spacial score (nSPS) is 10.5. The maximum Gasteiger partial charge on any atom is 0.257 e. The molecule has 1 amide bonds. The zero-order chi connectivity index (χ0) is 19.2. The first kappa shape index (κ1) is 18.6. The summed E-state index contributed by atoms with van der Waals surface area (Å²) in [5.41, 5.74) is 4.71. The zero-order valence-electron chi connectivity index (χ0n) is 15.4. The second kappa shape index (κ2) is 8.45. The Morgan fingerprint density at radius 2 is 1.89 bits per heavy atom. The maximum absolute atomic E-state index is 13.7. The van der Waals surface area contributed by atoms with E-state index < -0.39 is 0 Å². The molecule has 0 bridgehead atoms. The molecule has 4 nitrogen and oxygen atoms in total. The first-order chi connectivity index (χ1) is 13.0. The van der Waals surface area contributed by atoms with Gasteiger partial charge in [0.15, 0.2) is 0 Å². The van der Waals surface area contributed by atoms with Gasteiger partial charge in [-0.05, 0) is 55.2 Å². The van der Waals surface area contributed by atoms with E-state index in [0.29, 0.717) is 24.1 Å². The Balaban J connectivity index is 1.63. The van der Waals surface area contributed by atoms with Crippen molar-refractivity contribution in [3.8, 4) is 0 Å². The number of hydrogen-bond acceptors (Lipinski definition) is 3. The van der Waals surface area contributed by atoms with Crippen molar-refractivity contribution in [3.05, 3.63) is 89.0 Å². The summed E-state index contributed by atoms with van der Waals surface area (Å²) in [6, 6.07) is 14.4. The van der Waals surface area contributed by atoms with E-state index in [4.69, 9.17) is 0 Å². The number of halogens is 1. The van der Waals surface area contributed by atoms with Gasteiger partial charge < -0.3 is 10.6 Å². The Labute approximate surface area is 158 Å². The van der Waals surface area contributed by atoms with Gasteiger partial charge in [-0.2, -0.15) is 0 Å². The van der Waals surface area contributed by atoms with Gasteiger partial charge in [-0.15, -0.1) is 0 Å². The van der Waals surface area contributed by atoms with Crippen molar-refractivity contribution >= 4 is 17.3 Å². The molecule has 0 atom stereocenters. The first-order valence-corrected chi connectivity index (χ1v) is 8.84. The van der Waals surface area contributed by atoms with Gasteiger partial charge in [0.2, 0.25) is 0 Å². The first-order valence-electron chi connectivity index (χ1n) is 8.84. The molecule has 0 aliphatic rings. The number of rotatable bonds is 6. The van der Waals surface area contributed by atoms with E-state index in [2.05, 4.69) is 15.6 Å². The maximum atomic E-state index is 13.7. The van der Waals surface area contributed by atoms with Crippen LogP contribution >= 0.6 is 0 Å². The standard InChI is InChI=1S/C22H22FN3O/c1-15-7-8-16(2)21(11-15)26-22(27)18-12-19(14-24-13-18)25-10-9-17-5-3-4-6-20(17)23/h3-8,11-14,25H,9-10H2,1-2H3,(H,26,27). The molecule has 0 aliphatic carbocycles. The average molecular weight is 363 g/mol. The van der Waals surface area contributed by atoms with Crippen LogP contribution in [0.1, 0.15) is 27.0 Å². The molecule has 2 aromatic carbocycles. The number of nitrogens with one attached hydrogen (secondary N) is 2. The average Bonchev–Trinajstić information content (AvgIpc) is 2.66. The van der Waals surface area contributed by atoms with Crippen LogP contribution in [0.5, 0.6) is 0 Å². The molecular formula is C22H22FN3O. The highest BCUT2D eigenvalue weighted by molar-refractivity contribution is 6.05. The molecule has 3 rings (SSSR count). The van der Waals surface area contributed by atoms with Crippen LogP contribution in [-0.2, 0) is 6.42 Å². The molecular weight excluding hydrogens is 341 g/mol. The molecule has 27 heavy (non-hydrogen) atoms. The van der Waals surface area contributed by atoms with Crippen molar-refractivity contribution in [1.82, 2.24) is 4.98 Å². The van der Waals surface area contributed by atoms with Crippen LogP contribution in [0.4, 0.5) is 15.8 Å². The fourth-order valence-electron chi connectivity index (χ4n) is 2.77. The molecule has 0 fully saturated rings. The Kier molecular flexibility index (Phi) is 5.81. The van der Waals surface area contributed by atoms with Crippen molar-refractivity contribution in [2.75, 3.05) is 17.2 Å². The van der Waals surface area contributed by atoms with Crippen LogP contribution in [0.25, 0.3) is 0 Å². The number of hydrogen-bond donors (Lipinski definition) is 2. The van der Waals surface area contributed by atoms with Gasteiger partial charge in [-0.3, -0.25) is 9.78 Å². The van der Waals surface area contributed by atoms with Crippen LogP contribution in [0.15, 0.2) is 60.9 Å². The lowest BCUT2D eigenvalue weighted by molar-refractivity contribution is 0.102. The molecule has 2 N–H and O–H groups in total. The molecule has 0 spiro atoms. The Hall–Kier alpha value is -3.21. The minimum Gasteiger partial charge on any atom is -0.383 e. The topological polar surface area (TPSA) is 54.0 Å². The smallest absolute Gasteiger partial charge is 0.257 e. The quantitative estimate of drug-likeness (QED) is 0.665. The van der Waals surface area contributed by atoms with Crippen LogP contribution in [0.2, 0.25) is 0 Å².